The van der Waals surface area contributed by atoms with Crippen molar-refractivity contribution in [1.29, 1.82) is 0 Å². The van der Waals surface area contributed by atoms with E-state index in [1.807, 2.05) is 30.3 Å². The Kier molecular flexibility index (Phi) is 3.18. The Balaban J connectivity index is 2.20. The first kappa shape index (κ1) is 10.9. The number of non-ortho nitro benzene ring substituents is 1. The quantitative estimate of drug-likeness (QED) is 0.423. The van der Waals surface area contributed by atoms with Crippen molar-refractivity contribution in [3.8, 4) is 11.8 Å². The molecule has 17 heavy (non-hydrogen) atoms. The average molecular weight is 223 g/mol. The molecule has 2 rings (SSSR count). The third kappa shape index (κ3) is 2.93. The molecule has 0 amide bonds. The molecular formula is C14H9NO2. The molecule has 0 unspecified atom stereocenters. The molecule has 3 heteroatoms. The molecule has 2 aromatic carbocycles. The molecule has 82 valence electrons. The van der Waals surface area contributed by atoms with Crippen molar-refractivity contribution in [2.45, 2.75) is 0 Å². The molecule has 0 saturated heterocycles. The Morgan fingerprint density at radius 1 is 0.824 bits per heavy atom. The molecule has 0 atom stereocenters. The molecule has 0 bridgehead atoms. The molecule has 0 radical (unpaired) electrons. The number of benzene rings is 2. The largest absolute Gasteiger partial charge is 0.269 e. The summed E-state index contributed by atoms with van der Waals surface area (Å²) in [7, 11) is 0. The van der Waals surface area contributed by atoms with E-state index in [0.717, 1.165) is 11.1 Å². The number of hydrogen-bond donors (Lipinski definition) is 0. The number of nitrogens with zero attached hydrogens (tertiary/aromatic N) is 1. The van der Waals surface area contributed by atoms with Crippen molar-refractivity contribution >= 4 is 5.69 Å². The lowest BCUT2D eigenvalue weighted by atomic mass is 10.2. The van der Waals surface area contributed by atoms with Gasteiger partial charge in [0.15, 0.2) is 0 Å². The molecule has 0 aliphatic rings. The monoisotopic (exact) mass is 223 g/mol. The fourth-order valence-electron chi connectivity index (χ4n) is 1.33. The third-order valence-electron chi connectivity index (χ3n) is 2.20. The van der Waals surface area contributed by atoms with E-state index in [0.29, 0.717) is 0 Å². The van der Waals surface area contributed by atoms with Crippen LogP contribution < -0.4 is 0 Å². The minimum Gasteiger partial charge on any atom is -0.258 e. The van der Waals surface area contributed by atoms with Crippen LogP contribution in [0.3, 0.4) is 0 Å². The van der Waals surface area contributed by atoms with Gasteiger partial charge in [-0.3, -0.25) is 10.1 Å². The van der Waals surface area contributed by atoms with Crippen LogP contribution in [0.25, 0.3) is 0 Å². The van der Waals surface area contributed by atoms with Gasteiger partial charge in [0.25, 0.3) is 5.69 Å². The van der Waals surface area contributed by atoms with Gasteiger partial charge >= 0.3 is 0 Å². The molecular weight excluding hydrogens is 214 g/mol. The topological polar surface area (TPSA) is 43.1 Å². The molecule has 0 aliphatic carbocycles. The molecule has 0 fully saturated rings. The van der Waals surface area contributed by atoms with Gasteiger partial charge in [-0.05, 0) is 24.3 Å². The smallest absolute Gasteiger partial charge is 0.258 e. The van der Waals surface area contributed by atoms with E-state index in [9.17, 15) is 10.1 Å². The van der Waals surface area contributed by atoms with Gasteiger partial charge in [-0.1, -0.05) is 30.0 Å². The van der Waals surface area contributed by atoms with Crippen molar-refractivity contribution in [2.75, 3.05) is 0 Å². The number of rotatable bonds is 1. The summed E-state index contributed by atoms with van der Waals surface area (Å²) in [5.41, 5.74) is 1.76. The first-order valence-electron chi connectivity index (χ1n) is 5.07. The number of nitro groups is 1. The molecule has 0 N–H and O–H groups in total. The van der Waals surface area contributed by atoms with Gasteiger partial charge in [0.05, 0.1) is 4.92 Å². The summed E-state index contributed by atoms with van der Waals surface area (Å²) in [5.74, 6) is 5.94. The van der Waals surface area contributed by atoms with Gasteiger partial charge in [0.1, 0.15) is 0 Å². The maximum absolute atomic E-state index is 10.5. The number of nitro benzene ring substituents is 1. The van der Waals surface area contributed by atoms with Crippen molar-refractivity contribution in [3.63, 3.8) is 0 Å². The molecule has 0 spiro atoms. The van der Waals surface area contributed by atoms with Crippen molar-refractivity contribution in [1.82, 2.24) is 0 Å². The summed E-state index contributed by atoms with van der Waals surface area (Å²) in [6.07, 6.45) is 0. The highest BCUT2D eigenvalue weighted by Crippen LogP contribution is 2.11. The summed E-state index contributed by atoms with van der Waals surface area (Å²) in [6, 6.07) is 15.8. The highest BCUT2D eigenvalue weighted by atomic mass is 16.6. The highest BCUT2D eigenvalue weighted by Gasteiger charge is 2.01. The third-order valence-corrected chi connectivity index (χ3v) is 2.20. The van der Waals surface area contributed by atoms with Gasteiger partial charge in [0, 0.05) is 23.3 Å². The highest BCUT2D eigenvalue weighted by molar-refractivity contribution is 5.45. The zero-order valence-corrected chi connectivity index (χ0v) is 8.96. The van der Waals surface area contributed by atoms with E-state index in [4.69, 9.17) is 0 Å². The van der Waals surface area contributed by atoms with E-state index in [-0.39, 0.29) is 5.69 Å². The average Bonchev–Trinajstić information content (AvgIpc) is 2.38. The fraction of sp³-hybridized carbons (Fsp3) is 0. The maximum Gasteiger partial charge on any atom is 0.269 e. The normalized spacial score (nSPS) is 9.18. The summed E-state index contributed by atoms with van der Waals surface area (Å²) >= 11 is 0. The van der Waals surface area contributed by atoms with E-state index in [1.54, 1.807) is 12.1 Å². The zero-order valence-electron chi connectivity index (χ0n) is 8.96. The molecule has 3 nitrogen and oxygen atoms in total. The van der Waals surface area contributed by atoms with Crippen LogP contribution >= 0.6 is 0 Å². The van der Waals surface area contributed by atoms with Crippen LogP contribution in [0.1, 0.15) is 11.1 Å². The maximum atomic E-state index is 10.5. The predicted octanol–water partition coefficient (Wildman–Crippen LogP) is 2.99. The lowest BCUT2D eigenvalue weighted by Gasteiger charge is -1.91. The SMILES string of the molecule is O=[N+]([O-])c1ccc(C#Cc2ccccc2)cc1. The van der Waals surface area contributed by atoms with Crippen LogP contribution in [0.15, 0.2) is 54.6 Å². The van der Waals surface area contributed by atoms with Gasteiger partial charge in [-0.2, -0.15) is 0 Å². The van der Waals surface area contributed by atoms with Crippen LogP contribution in [-0.4, -0.2) is 4.92 Å². The fourth-order valence-corrected chi connectivity index (χ4v) is 1.33. The molecule has 0 aromatic heterocycles. The Morgan fingerprint density at radius 2 is 1.35 bits per heavy atom. The second-order valence-corrected chi connectivity index (χ2v) is 3.42. The molecule has 2 aromatic rings. The van der Waals surface area contributed by atoms with Crippen LogP contribution in [0.4, 0.5) is 5.69 Å². The first-order valence-corrected chi connectivity index (χ1v) is 5.07. The summed E-state index contributed by atoms with van der Waals surface area (Å²) in [6.45, 7) is 0. The lowest BCUT2D eigenvalue weighted by Crippen LogP contribution is -1.86. The van der Waals surface area contributed by atoms with Crippen molar-refractivity contribution < 1.29 is 4.92 Å². The van der Waals surface area contributed by atoms with Crippen molar-refractivity contribution in [3.05, 3.63) is 75.8 Å². The molecule has 0 saturated carbocycles. The predicted molar refractivity (Wildman–Crippen MR) is 65.5 cm³/mol. The standard InChI is InChI=1S/C14H9NO2/c16-15(17)14-10-8-13(9-11-14)7-6-12-4-2-1-3-5-12/h1-5,8-11H. The number of hydrogen-bond acceptors (Lipinski definition) is 2. The van der Waals surface area contributed by atoms with Crippen LogP contribution in [0.2, 0.25) is 0 Å². The van der Waals surface area contributed by atoms with Gasteiger partial charge in [-0.15, -0.1) is 0 Å². The Morgan fingerprint density at radius 3 is 1.88 bits per heavy atom. The minimum atomic E-state index is -0.422. The second-order valence-electron chi connectivity index (χ2n) is 3.42. The summed E-state index contributed by atoms with van der Waals surface area (Å²) in [4.78, 5) is 10.0. The molecule has 0 heterocycles. The van der Waals surface area contributed by atoms with Crippen LogP contribution in [0.5, 0.6) is 0 Å². The van der Waals surface area contributed by atoms with E-state index in [2.05, 4.69) is 11.8 Å². The van der Waals surface area contributed by atoms with Crippen molar-refractivity contribution in [2.24, 2.45) is 0 Å². The van der Waals surface area contributed by atoms with E-state index in [1.165, 1.54) is 12.1 Å². The molecule has 0 aliphatic heterocycles. The Bertz CT molecular complexity index is 577. The Hall–Kier alpha value is -2.60. The minimum absolute atomic E-state index is 0.0789. The second kappa shape index (κ2) is 4.95. The first-order chi connectivity index (χ1) is 8.25. The van der Waals surface area contributed by atoms with Crippen LogP contribution in [-0.2, 0) is 0 Å². The lowest BCUT2D eigenvalue weighted by molar-refractivity contribution is -0.384. The van der Waals surface area contributed by atoms with Gasteiger partial charge < -0.3 is 0 Å². The van der Waals surface area contributed by atoms with Crippen LogP contribution in [0, 0.1) is 22.0 Å². The van der Waals surface area contributed by atoms with Gasteiger partial charge in [0.2, 0.25) is 0 Å². The van der Waals surface area contributed by atoms with E-state index < -0.39 is 4.92 Å². The summed E-state index contributed by atoms with van der Waals surface area (Å²) < 4.78 is 0. The van der Waals surface area contributed by atoms with Gasteiger partial charge in [-0.25, -0.2) is 0 Å². The Labute approximate surface area is 98.9 Å². The zero-order chi connectivity index (χ0) is 12.1. The summed E-state index contributed by atoms with van der Waals surface area (Å²) in [5, 5.41) is 10.5. The van der Waals surface area contributed by atoms with E-state index >= 15 is 0 Å².